The molecule has 1 saturated heterocycles. The van der Waals surface area contributed by atoms with Gasteiger partial charge >= 0.3 is 0 Å². The van der Waals surface area contributed by atoms with Gasteiger partial charge in [-0.1, -0.05) is 5.92 Å². The average molecular weight is 330 g/mol. The number of terminal acetylenes is 1. The lowest BCUT2D eigenvalue weighted by Gasteiger charge is -2.29. The third-order valence-electron chi connectivity index (χ3n) is 3.67. The molecule has 130 valence electrons. The number of hydrogen-bond donors (Lipinski definition) is 2. The molecule has 1 aliphatic heterocycles. The van der Waals surface area contributed by atoms with E-state index in [9.17, 15) is 4.79 Å². The molecule has 0 atom stereocenters. The zero-order valence-electron chi connectivity index (χ0n) is 14.8. The van der Waals surface area contributed by atoms with E-state index in [0.717, 1.165) is 18.9 Å². The van der Waals surface area contributed by atoms with Crippen LogP contribution in [-0.4, -0.2) is 48.8 Å². The monoisotopic (exact) mass is 330 g/mol. The van der Waals surface area contributed by atoms with Gasteiger partial charge in [0, 0.05) is 19.1 Å². The summed E-state index contributed by atoms with van der Waals surface area (Å²) in [5.41, 5.74) is -0.223. The van der Waals surface area contributed by atoms with Gasteiger partial charge in [-0.2, -0.15) is 0 Å². The summed E-state index contributed by atoms with van der Waals surface area (Å²) in [6, 6.07) is 3.82. The summed E-state index contributed by atoms with van der Waals surface area (Å²) in [6.07, 6.45) is 5.46. The molecule has 0 radical (unpaired) electrons. The van der Waals surface area contributed by atoms with Crippen LogP contribution in [0.4, 0.5) is 11.6 Å². The highest BCUT2D eigenvalue weighted by Gasteiger charge is 2.22. The lowest BCUT2D eigenvalue weighted by molar-refractivity contribution is 0.0930. The molecule has 1 aromatic heterocycles. The number of morpholine rings is 1. The normalized spacial score (nSPS) is 15.1. The summed E-state index contributed by atoms with van der Waals surface area (Å²) in [4.78, 5) is 19.4. The molecule has 1 aromatic rings. The number of carbonyl (C=O) groups excluding carboxylic acids is 1. The van der Waals surface area contributed by atoms with Crippen LogP contribution >= 0.6 is 0 Å². The molecule has 24 heavy (non-hydrogen) atoms. The van der Waals surface area contributed by atoms with Crippen molar-refractivity contribution in [2.75, 3.05) is 36.5 Å². The SMILES string of the molecule is C#CC(C)(C)NC(=O)c1ccc(N2CCOCC2)nc1NC(C)C. The molecule has 0 aliphatic carbocycles. The van der Waals surface area contributed by atoms with Crippen LogP contribution in [0.3, 0.4) is 0 Å². The van der Waals surface area contributed by atoms with E-state index < -0.39 is 5.54 Å². The summed E-state index contributed by atoms with van der Waals surface area (Å²) in [7, 11) is 0. The fourth-order valence-electron chi connectivity index (χ4n) is 2.37. The summed E-state index contributed by atoms with van der Waals surface area (Å²) in [5, 5.41) is 6.10. The lowest BCUT2D eigenvalue weighted by Crippen LogP contribution is -2.42. The second-order valence-corrected chi connectivity index (χ2v) is 6.69. The Morgan fingerprint density at radius 3 is 2.62 bits per heavy atom. The minimum atomic E-state index is -0.713. The van der Waals surface area contributed by atoms with Crippen molar-refractivity contribution in [1.29, 1.82) is 0 Å². The Morgan fingerprint density at radius 2 is 2.04 bits per heavy atom. The minimum absolute atomic E-state index is 0.157. The van der Waals surface area contributed by atoms with Crippen molar-refractivity contribution in [2.45, 2.75) is 39.3 Å². The number of rotatable bonds is 5. The zero-order chi connectivity index (χ0) is 17.7. The predicted molar refractivity (Wildman–Crippen MR) is 96.4 cm³/mol. The number of nitrogens with zero attached hydrogens (tertiary/aromatic N) is 2. The molecule has 0 unspecified atom stereocenters. The van der Waals surface area contributed by atoms with E-state index in [1.165, 1.54) is 0 Å². The number of carbonyl (C=O) groups is 1. The Morgan fingerprint density at radius 1 is 1.38 bits per heavy atom. The second-order valence-electron chi connectivity index (χ2n) is 6.69. The van der Waals surface area contributed by atoms with Crippen LogP contribution in [0.25, 0.3) is 0 Å². The molecular formula is C18H26N4O2. The topological polar surface area (TPSA) is 66.5 Å². The van der Waals surface area contributed by atoms with Gasteiger partial charge < -0.3 is 20.3 Å². The van der Waals surface area contributed by atoms with Gasteiger partial charge in [0.05, 0.1) is 24.3 Å². The van der Waals surface area contributed by atoms with Gasteiger partial charge in [0.15, 0.2) is 0 Å². The molecule has 1 fully saturated rings. The molecular weight excluding hydrogens is 304 g/mol. The standard InChI is InChI=1S/C18H26N4O2/c1-6-18(4,5)21-17(23)14-7-8-15(20-16(14)19-13(2)3)22-9-11-24-12-10-22/h1,7-8,13H,9-12H2,2-5H3,(H,19,20)(H,21,23). The van der Waals surface area contributed by atoms with Crippen molar-refractivity contribution in [3.8, 4) is 12.3 Å². The zero-order valence-corrected chi connectivity index (χ0v) is 14.8. The fraction of sp³-hybridized carbons (Fsp3) is 0.556. The molecule has 0 bridgehead atoms. The van der Waals surface area contributed by atoms with Crippen molar-refractivity contribution in [3.63, 3.8) is 0 Å². The highest BCUT2D eigenvalue weighted by atomic mass is 16.5. The molecule has 1 aliphatic rings. The van der Waals surface area contributed by atoms with Crippen molar-refractivity contribution in [2.24, 2.45) is 0 Å². The van der Waals surface area contributed by atoms with Crippen LogP contribution in [0.15, 0.2) is 12.1 Å². The van der Waals surface area contributed by atoms with Crippen LogP contribution in [0.1, 0.15) is 38.1 Å². The molecule has 2 rings (SSSR count). The maximum atomic E-state index is 12.6. The van der Waals surface area contributed by atoms with E-state index in [2.05, 4.69) is 26.4 Å². The third kappa shape index (κ3) is 4.62. The van der Waals surface area contributed by atoms with E-state index in [4.69, 9.17) is 11.2 Å². The predicted octanol–water partition coefficient (Wildman–Crippen LogP) is 1.88. The number of ether oxygens (including phenoxy) is 1. The first-order chi connectivity index (χ1) is 11.3. The molecule has 6 heteroatoms. The fourth-order valence-corrected chi connectivity index (χ4v) is 2.37. The molecule has 2 heterocycles. The smallest absolute Gasteiger partial charge is 0.256 e. The largest absolute Gasteiger partial charge is 0.378 e. The minimum Gasteiger partial charge on any atom is -0.378 e. The number of anilines is 2. The van der Waals surface area contributed by atoms with Crippen molar-refractivity contribution < 1.29 is 9.53 Å². The number of hydrogen-bond acceptors (Lipinski definition) is 5. The summed E-state index contributed by atoms with van der Waals surface area (Å²) in [6.45, 7) is 10.6. The maximum Gasteiger partial charge on any atom is 0.256 e. The van der Waals surface area contributed by atoms with Gasteiger partial charge in [0.1, 0.15) is 11.6 Å². The van der Waals surface area contributed by atoms with Gasteiger partial charge in [-0.25, -0.2) is 4.98 Å². The van der Waals surface area contributed by atoms with E-state index in [-0.39, 0.29) is 11.9 Å². The van der Waals surface area contributed by atoms with Gasteiger partial charge in [-0.3, -0.25) is 4.79 Å². The van der Waals surface area contributed by atoms with Gasteiger partial charge in [-0.15, -0.1) is 6.42 Å². The summed E-state index contributed by atoms with van der Waals surface area (Å²) < 4.78 is 5.38. The maximum absolute atomic E-state index is 12.6. The molecule has 0 saturated carbocycles. The number of amides is 1. The summed E-state index contributed by atoms with van der Waals surface area (Å²) >= 11 is 0. The molecule has 6 nitrogen and oxygen atoms in total. The first kappa shape index (κ1) is 18.1. The first-order valence-electron chi connectivity index (χ1n) is 8.23. The van der Waals surface area contributed by atoms with Crippen LogP contribution in [0.5, 0.6) is 0 Å². The highest BCUT2D eigenvalue weighted by molar-refractivity contribution is 5.99. The number of nitrogens with one attached hydrogen (secondary N) is 2. The molecule has 2 N–H and O–H groups in total. The van der Waals surface area contributed by atoms with Crippen LogP contribution in [0, 0.1) is 12.3 Å². The quantitative estimate of drug-likeness (QED) is 0.807. The lowest BCUT2D eigenvalue weighted by atomic mass is 10.1. The van der Waals surface area contributed by atoms with Crippen molar-refractivity contribution >= 4 is 17.5 Å². The van der Waals surface area contributed by atoms with Crippen molar-refractivity contribution in [1.82, 2.24) is 10.3 Å². The van der Waals surface area contributed by atoms with Crippen molar-refractivity contribution in [3.05, 3.63) is 17.7 Å². The molecule has 0 aromatic carbocycles. The number of pyridine rings is 1. The highest BCUT2D eigenvalue weighted by Crippen LogP contribution is 2.21. The third-order valence-corrected chi connectivity index (χ3v) is 3.67. The van der Waals surface area contributed by atoms with E-state index in [1.54, 1.807) is 19.9 Å². The van der Waals surface area contributed by atoms with Crippen LogP contribution in [0.2, 0.25) is 0 Å². The van der Waals surface area contributed by atoms with E-state index in [1.807, 2.05) is 19.9 Å². The molecule has 1 amide bonds. The van der Waals surface area contributed by atoms with Gasteiger partial charge in [-0.05, 0) is 39.8 Å². The Balaban J connectivity index is 2.29. The first-order valence-corrected chi connectivity index (χ1v) is 8.23. The Kier molecular flexibility index (Phi) is 5.68. The van der Waals surface area contributed by atoms with Gasteiger partial charge in [0.25, 0.3) is 5.91 Å². The average Bonchev–Trinajstić information content (AvgIpc) is 2.54. The van der Waals surface area contributed by atoms with Gasteiger partial charge in [0.2, 0.25) is 0 Å². The Hall–Kier alpha value is -2.26. The Bertz CT molecular complexity index is 628. The van der Waals surface area contributed by atoms with E-state index >= 15 is 0 Å². The molecule has 0 spiro atoms. The van der Waals surface area contributed by atoms with Crippen LogP contribution in [-0.2, 0) is 4.74 Å². The Labute approximate surface area is 144 Å². The second kappa shape index (κ2) is 7.54. The van der Waals surface area contributed by atoms with Crippen LogP contribution < -0.4 is 15.5 Å². The number of aromatic nitrogens is 1. The summed E-state index contributed by atoms with van der Waals surface area (Å²) in [5.74, 6) is 3.75. The van der Waals surface area contributed by atoms with E-state index in [0.29, 0.717) is 24.6 Å².